The zero-order chi connectivity index (χ0) is 15.0. The fourth-order valence-electron chi connectivity index (χ4n) is 2.77. The minimum absolute atomic E-state index is 0.0166. The Balaban J connectivity index is 1.96. The van der Waals surface area contributed by atoms with E-state index in [0.717, 1.165) is 16.8 Å². The number of para-hydroxylation sites is 1. The van der Waals surface area contributed by atoms with Crippen molar-refractivity contribution >= 4 is 17.6 Å². The monoisotopic (exact) mass is 285 g/mol. The van der Waals surface area contributed by atoms with Gasteiger partial charge in [-0.3, -0.25) is 14.7 Å². The van der Waals surface area contributed by atoms with E-state index in [1.54, 1.807) is 11.1 Å². The standard InChI is InChI=1S/C15H15N3O3/c1-9-7-16-17-14(9)15(21)18-8-10(6-13(19)20)11-4-2-3-5-12(11)18/h2-5,7,10H,6,8H2,1H3,(H,16,17)(H,19,20). The Bertz CT molecular complexity index is 708. The molecule has 0 bridgehead atoms. The molecule has 1 atom stereocenters. The summed E-state index contributed by atoms with van der Waals surface area (Å²) in [6.07, 6.45) is 1.62. The second kappa shape index (κ2) is 5.05. The number of rotatable bonds is 3. The third-order valence-corrected chi connectivity index (χ3v) is 3.78. The molecule has 0 aliphatic carbocycles. The molecule has 108 valence electrons. The van der Waals surface area contributed by atoms with E-state index in [0.29, 0.717) is 12.2 Å². The first-order valence-corrected chi connectivity index (χ1v) is 6.70. The fraction of sp³-hybridized carbons (Fsp3) is 0.267. The van der Waals surface area contributed by atoms with E-state index in [4.69, 9.17) is 5.11 Å². The number of carbonyl (C=O) groups is 2. The number of carboxylic acids is 1. The maximum atomic E-state index is 12.6. The number of carbonyl (C=O) groups excluding carboxylic acids is 1. The highest BCUT2D eigenvalue weighted by Gasteiger charge is 2.34. The molecule has 2 N–H and O–H groups in total. The van der Waals surface area contributed by atoms with Gasteiger partial charge < -0.3 is 10.0 Å². The van der Waals surface area contributed by atoms with Crippen LogP contribution < -0.4 is 4.90 Å². The highest BCUT2D eigenvalue weighted by Crippen LogP contribution is 2.38. The lowest BCUT2D eigenvalue weighted by Crippen LogP contribution is -2.31. The smallest absolute Gasteiger partial charge is 0.304 e. The first-order valence-electron chi connectivity index (χ1n) is 6.70. The van der Waals surface area contributed by atoms with Gasteiger partial charge in [0.25, 0.3) is 5.91 Å². The predicted octanol–water partition coefficient (Wildman–Crippen LogP) is 1.94. The van der Waals surface area contributed by atoms with Crippen LogP contribution in [0, 0.1) is 6.92 Å². The van der Waals surface area contributed by atoms with Crippen LogP contribution in [0.5, 0.6) is 0 Å². The molecule has 1 unspecified atom stereocenters. The van der Waals surface area contributed by atoms with Gasteiger partial charge >= 0.3 is 5.97 Å². The molecule has 2 heterocycles. The number of H-pyrrole nitrogens is 1. The summed E-state index contributed by atoms with van der Waals surface area (Å²) in [7, 11) is 0. The van der Waals surface area contributed by atoms with Crippen molar-refractivity contribution in [1.82, 2.24) is 10.2 Å². The van der Waals surface area contributed by atoms with Gasteiger partial charge in [0, 0.05) is 18.2 Å². The van der Waals surface area contributed by atoms with Crippen molar-refractivity contribution in [1.29, 1.82) is 0 Å². The van der Waals surface area contributed by atoms with Gasteiger partial charge in [-0.15, -0.1) is 0 Å². The lowest BCUT2D eigenvalue weighted by molar-refractivity contribution is -0.137. The van der Waals surface area contributed by atoms with Crippen molar-refractivity contribution in [2.24, 2.45) is 0 Å². The topological polar surface area (TPSA) is 86.3 Å². The molecule has 0 radical (unpaired) electrons. The van der Waals surface area contributed by atoms with E-state index in [1.165, 1.54) is 0 Å². The van der Waals surface area contributed by atoms with Crippen LogP contribution in [-0.2, 0) is 4.79 Å². The number of amides is 1. The van der Waals surface area contributed by atoms with Gasteiger partial charge in [0.2, 0.25) is 0 Å². The number of hydrogen-bond acceptors (Lipinski definition) is 3. The first kappa shape index (κ1) is 13.4. The second-order valence-electron chi connectivity index (χ2n) is 5.20. The molecule has 0 fully saturated rings. The molecule has 0 saturated heterocycles. The van der Waals surface area contributed by atoms with Crippen LogP contribution in [0.4, 0.5) is 5.69 Å². The first-order chi connectivity index (χ1) is 10.1. The fourth-order valence-corrected chi connectivity index (χ4v) is 2.77. The zero-order valence-electron chi connectivity index (χ0n) is 11.5. The van der Waals surface area contributed by atoms with Gasteiger partial charge in [0.1, 0.15) is 5.69 Å². The summed E-state index contributed by atoms with van der Waals surface area (Å²) in [6.45, 7) is 2.19. The summed E-state index contributed by atoms with van der Waals surface area (Å²) in [6, 6.07) is 7.45. The molecule has 6 nitrogen and oxygen atoms in total. The Hall–Kier alpha value is -2.63. The maximum absolute atomic E-state index is 12.6. The van der Waals surface area contributed by atoms with Crippen LogP contribution in [0.3, 0.4) is 0 Å². The number of hydrogen-bond donors (Lipinski definition) is 2. The van der Waals surface area contributed by atoms with E-state index in [1.807, 2.05) is 31.2 Å². The van der Waals surface area contributed by atoms with Crippen LogP contribution in [-0.4, -0.2) is 33.7 Å². The highest BCUT2D eigenvalue weighted by molar-refractivity contribution is 6.07. The Labute approximate surface area is 121 Å². The molecule has 1 aliphatic heterocycles. The van der Waals surface area contributed by atoms with Gasteiger partial charge in [-0.25, -0.2) is 0 Å². The molecule has 21 heavy (non-hydrogen) atoms. The number of benzene rings is 1. The largest absolute Gasteiger partial charge is 0.481 e. The summed E-state index contributed by atoms with van der Waals surface area (Å²) in [4.78, 5) is 25.3. The van der Waals surface area contributed by atoms with Crippen LogP contribution in [0.25, 0.3) is 0 Å². The Kier molecular flexibility index (Phi) is 3.21. The normalized spacial score (nSPS) is 16.8. The van der Waals surface area contributed by atoms with Gasteiger partial charge in [-0.2, -0.15) is 5.10 Å². The molecule has 2 aromatic rings. The quantitative estimate of drug-likeness (QED) is 0.902. The number of carboxylic acid groups (broad SMARTS) is 1. The summed E-state index contributed by atoms with van der Waals surface area (Å²) in [5, 5.41) is 15.6. The molecular weight excluding hydrogens is 270 g/mol. The maximum Gasteiger partial charge on any atom is 0.304 e. The number of anilines is 1. The summed E-state index contributed by atoms with van der Waals surface area (Å²) >= 11 is 0. The van der Waals surface area contributed by atoms with E-state index < -0.39 is 5.97 Å². The lowest BCUT2D eigenvalue weighted by Gasteiger charge is -2.17. The van der Waals surface area contributed by atoms with E-state index in [9.17, 15) is 9.59 Å². The van der Waals surface area contributed by atoms with Crippen LogP contribution in [0.2, 0.25) is 0 Å². The van der Waals surface area contributed by atoms with Crippen LogP contribution in [0.1, 0.15) is 34.0 Å². The third kappa shape index (κ3) is 2.29. The molecule has 0 spiro atoms. The zero-order valence-corrected chi connectivity index (χ0v) is 11.5. The SMILES string of the molecule is Cc1cn[nH]c1C(=O)N1CC(CC(=O)O)c2ccccc21. The van der Waals surface area contributed by atoms with Crippen molar-refractivity contribution in [3.63, 3.8) is 0 Å². The Morgan fingerprint density at radius 1 is 1.43 bits per heavy atom. The van der Waals surface area contributed by atoms with Crippen LogP contribution >= 0.6 is 0 Å². The van der Waals surface area contributed by atoms with Crippen molar-refractivity contribution in [3.8, 4) is 0 Å². The third-order valence-electron chi connectivity index (χ3n) is 3.78. The lowest BCUT2D eigenvalue weighted by atomic mass is 9.98. The van der Waals surface area contributed by atoms with Gasteiger partial charge in [-0.1, -0.05) is 18.2 Å². The minimum atomic E-state index is -0.859. The minimum Gasteiger partial charge on any atom is -0.481 e. The molecule has 1 aliphatic rings. The summed E-state index contributed by atoms with van der Waals surface area (Å²) < 4.78 is 0. The van der Waals surface area contributed by atoms with E-state index in [2.05, 4.69) is 10.2 Å². The molecular formula is C15H15N3O3. The molecule has 1 aromatic carbocycles. The van der Waals surface area contributed by atoms with Crippen molar-refractivity contribution in [2.45, 2.75) is 19.3 Å². The van der Waals surface area contributed by atoms with Gasteiger partial charge in [0.15, 0.2) is 0 Å². The highest BCUT2D eigenvalue weighted by atomic mass is 16.4. The van der Waals surface area contributed by atoms with Gasteiger partial charge in [-0.05, 0) is 24.1 Å². The number of nitrogens with one attached hydrogen (secondary N) is 1. The van der Waals surface area contributed by atoms with E-state index >= 15 is 0 Å². The second-order valence-corrected chi connectivity index (χ2v) is 5.20. The number of fused-ring (bicyclic) bond motifs is 1. The summed E-state index contributed by atoms with van der Waals surface area (Å²) in [5.74, 6) is -1.21. The van der Waals surface area contributed by atoms with Crippen LogP contribution in [0.15, 0.2) is 30.5 Å². The number of nitrogens with zero attached hydrogens (tertiary/aromatic N) is 2. The Morgan fingerprint density at radius 2 is 2.19 bits per heavy atom. The Morgan fingerprint density at radius 3 is 2.86 bits per heavy atom. The molecule has 6 heteroatoms. The molecule has 1 aromatic heterocycles. The average Bonchev–Trinajstić information content (AvgIpc) is 3.02. The molecule has 3 rings (SSSR count). The van der Waals surface area contributed by atoms with E-state index in [-0.39, 0.29) is 18.2 Å². The predicted molar refractivity (Wildman–Crippen MR) is 76.4 cm³/mol. The van der Waals surface area contributed by atoms with Gasteiger partial charge in [0.05, 0.1) is 12.6 Å². The number of aliphatic carboxylic acids is 1. The molecule has 1 amide bonds. The number of aromatic amines is 1. The van der Waals surface area contributed by atoms with Crippen molar-refractivity contribution in [2.75, 3.05) is 11.4 Å². The van der Waals surface area contributed by atoms with Crippen molar-refractivity contribution < 1.29 is 14.7 Å². The average molecular weight is 285 g/mol. The molecule has 0 saturated carbocycles. The van der Waals surface area contributed by atoms with Crippen molar-refractivity contribution in [3.05, 3.63) is 47.3 Å². The number of aromatic nitrogens is 2. The summed E-state index contributed by atoms with van der Waals surface area (Å²) in [5.41, 5.74) is 2.91. The number of aryl methyl sites for hydroxylation is 1.